The van der Waals surface area contributed by atoms with Gasteiger partial charge in [-0.05, 0) is 25.7 Å². The Kier molecular flexibility index (Phi) is 10.8. The van der Waals surface area contributed by atoms with Crippen molar-refractivity contribution in [1.82, 2.24) is 0 Å². The van der Waals surface area contributed by atoms with Crippen molar-refractivity contribution in [2.75, 3.05) is 13.3 Å². The Hall–Kier alpha value is -0.440. The first-order valence-electron chi connectivity index (χ1n) is 8.49. The molecule has 3 heteroatoms. The summed E-state index contributed by atoms with van der Waals surface area (Å²) in [4.78, 5) is 10.5. The number of hydrogen-bond acceptors (Lipinski definition) is 2. The summed E-state index contributed by atoms with van der Waals surface area (Å²) in [6, 6.07) is 0. The third-order valence-electron chi connectivity index (χ3n) is 4.27. The minimum Gasteiger partial charge on any atom is -0.378 e. The number of unbranched alkanes of at least 4 members (excludes halogenated alkanes) is 5. The predicted molar refractivity (Wildman–Crippen MR) is 80.7 cm³/mol. The number of ether oxygens (including phenoxy) is 1. The molecule has 0 aromatic heterocycles. The molecule has 1 aliphatic carbocycles. The first-order chi connectivity index (χ1) is 9.86. The van der Waals surface area contributed by atoms with Gasteiger partial charge in [0.05, 0.1) is 12.8 Å². The second-order valence-electron chi connectivity index (χ2n) is 6.09. The van der Waals surface area contributed by atoms with Crippen LogP contribution in [0.3, 0.4) is 0 Å². The van der Waals surface area contributed by atoms with Gasteiger partial charge in [-0.15, -0.1) is 0 Å². The highest BCUT2D eigenvalue weighted by Crippen LogP contribution is 2.20. The SMILES string of the molecule is O=CC(CF)CCCCCCCCOC1CCCCC1. The van der Waals surface area contributed by atoms with Crippen molar-refractivity contribution in [2.45, 2.75) is 83.2 Å². The van der Waals surface area contributed by atoms with E-state index in [9.17, 15) is 9.18 Å². The lowest BCUT2D eigenvalue weighted by atomic mass is 9.98. The summed E-state index contributed by atoms with van der Waals surface area (Å²) in [5.41, 5.74) is 0. The predicted octanol–water partition coefficient (Wildman–Crippen LogP) is 4.85. The Labute approximate surface area is 123 Å². The van der Waals surface area contributed by atoms with Gasteiger partial charge in [0.1, 0.15) is 6.29 Å². The Balaban J connectivity index is 1.79. The molecule has 1 aliphatic rings. The topological polar surface area (TPSA) is 26.3 Å². The first kappa shape index (κ1) is 17.6. The van der Waals surface area contributed by atoms with E-state index < -0.39 is 6.67 Å². The van der Waals surface area contributed by atoms with E-state index in [1.165, 1.54) is 51.4 Å². The lowest BCUT2D eigenvalue weighted by Gasteiger charge is -2.21. The van der Waals surface area contributed by atoms with Gasteiger partial charge in [0.15, 0.2) is 0 Å². The Morgan fingerprint density at radius 1 is 1.00 bits per heavy atom. The normalized spacial score (nSPS) is 18.1. The van der Waals surface area contributed by atoms with E-state index in [1.54, 1.807) is 0 Å². The molecule has 1 atom stereocenters. The largest absolute Gasteiger partial charge is 0.378 e. The standard InChI is InChI=1S/C17H31FO2/c18-14-16(15-19)10-6-3-1-2-4-9-13-20-17-11-7-5-8-12-17/h15-17H,1-14H2. The number of aldehydes is 1. The molecule has 0 aromatic carbocycles. The van der Waals surface area contributed by atoms with E-state index in [0.717, 1.165) is 32.2 Å². The summed E-state index contributed by atoms with van der Waals surface area (Å²) in [5.74, 6) is -0.362. The van der Waals surface area contributed by atoms with Gasteiger partial charge in [-0.2, -0.15) is 0 Å². The van der Waals surface area contributed by atoms with Crippen LogP contribution in [0.5, 0.6) is 0 Å². The number of carbonyl (C=O) groups is 1. The van der Waals surface area contributed by atoms with Crippen molar-refractivity contribution in [2.24, 2.45) is 5.92 Å². The lowest BCUT2D eigenvalue weighted by Crippen LogP contribution is -2.17. The smallest absolute Gasteiger partial charge is 0.125 e. The quantitative estimate of drug-likeness (QED) is 0.378. The summed E-state index contributed by atoms with van der Waals surface area (Å²) >= 11 is 0. The molecular formula is C17H31FO2. The van der Waals surface area contributed by atoms with Crippen molar-refractivity contribution in [1.29, 1.82) is 0 Å². The molecule has 0 bridgehead atoms. The second-order valence-corrected chi connectivity index (χ2v) is 6.09. The van der Waals surface area contributed by atoms with Gasteiger partial charge < -0.3 is 9.53 Å². The summed E-state index contributed by atoms with van der Waals surface area (Å²) in [6.45, 7) is 0.418. The molecule has 0 amide bonds. The number of hydrogen-bond donors (Lipinski definition) is 0. The van der Waals surface area contributed by atoms with Crippen LogP contribution in [0.1, 0.15) is 77.0 Å². The van der Waals surface area contributed by atoms with Crippen molar-refractivity contribution in [3.05, 3.63) is 0 Å². The summed E-state index contributed by atoms with van der Waals surface area (Å²) in [5, 5.41) is 0. The Morgan fingerprint density at radius 2 is 1.65 bits per heavy atom. The molecule has 0 spiro atoms. The molecule has 1 saturated carbocycles. The fourth-order valence-electron chi connectivity index (χ4n) is 2.88. The molecule has 1 fully saturated rings. The molecule has 0 heterocycles. The fraction of sp³-hybridized carbons (Fsp3) is 0.941. The Morgan fingerprint density at radius 3 is 2.30 bits per heavy atom. The Bertz CT molecular complexity index is 227. The van der Waals surface area contributed by atoms with Gasteiger partial charge in [0, 0.05) is 12.5 Å². The second kappa shape index (κ2) is 12.3. The van der Waals surface area contributed by atoms with Crippen molar-refractivity contribution in [3.63, 3.8) is 0 Å². The van der Waals surface area contributed by atoms with E-state index in [2.05, 4.69) is 0 Å². The van der Waals surface area contributed by atoms with Crippen LogP contribution in [0, 0.1) is 5.92 Å². The zero-order valence-electron chi connectivity index (χ0n) is 12.8. The van der Waals surface area contributed by atoms with E-state index in [1.807, 2.05) is 0 Å². The molecule has 1 unspecified atom stereocenters. The van der Waals surface area contributed by atoms with Crippen LogP contribution in [0.4, 0.5) is 4.39 Å². The van der Waals surface area contributed by atoms with E-state index >= 15 is 0 Å². The van der Waals surface area contributed by atoms with Crippen LogP contribution >= 0.6 is 0 Å². The molecule has 1 rings (SSSR count). The summed E-state index contributed by atoms with van der Waals surface area (Å²) < 4.78 is 18.2. The van der Waals surface area contributed by atoms with Gasteiger partial charge >= 0.3 is 0 Å². The number of carbonyl (C=O) groups excluding carboxylic acids is 1. The van der Waals surface area contributed by atoms with Gasteiger partial charge in [-0.25, -0.2) is 0 Å². The van der Waals surface area contributed by atoms with Gasteiger partial charge in [0.25, 0.3) is 0 Å². The van der Waals surface area contributed by atoms with Crippen molar-refractivity contribution >= 4 is 6.29 Å². The first-order valence-corrected chi connectivity index (χ1v) is 8.49. The van der Waals surface area contributed by atoms with Gasteiger partial charge in [0.2, 0.25) is 0 Å². The molecule has 118 valence electrons. The zero-order chi connectivity index (χ0) is 14.5. The molecule has 0 saturated heterocycles. The minimum atomic E-state index is -0.498. The molecule has 0 aromatic rings. The van der Waals surface area contributed by atoms with Crippen molar-refractivity contribution in [3.8, 4) is 0 Å². The zero-order valence-corrected chi connectivity index (χ0v) is 12.8. The molecule has 20 heavy (non-hydrogen) atoms. The monoisotopic (exact) mass is 286 g/mol. The molecular weight excluding hydrogens is 255 g/mol. The lowest BCUT2D eigenvalue weighted by molar-refractivity contribution is -0.111. The third-order valence-corrected chi connectivity index (χ3v) is 4.27. The van der Waals surface area contributed by atoms with Crippen LogP contribution in [0.15, 0.2) is 0 Å². The minimum absolute atomic E-state index is 0.362. The van der Waals surface area contributed by atoms with Gasteiger partial charge in [-0.3, -0.25) is 4.39 Å². The van der Waals surface area contributed by atoms with E-state index in [4.69, 9.17) is 4.74 Å². The highest BCUT2D eigenvalue weighted by Gasteiger charge is 2.12. The van der Waals surface area contributed by atoms with Crippen LogP contribution < -0.4 is 0 Å². The third kappa shape index (κ3) is 8.68. The van der Waals surface area contributed by atoms with E-state index in [-0.39, 0.29) is 5.92 Å². The maximum Gasteiger partial charge on any atom is 0.125 e. The maximum atomic E-state index is 12.3. The number of halogens is 1. The molecule has 0 radical (unpaired) electrons. The van der Waals surface area contributed by atoms with Crippen LogP contribution in [0.25, 0.3) is 0 Å². The summed E-state index contributed by atoms with van der Waals surface area (Å²) in [6.07, 6.45) is 15.5. The maximum absolute atomic E-state index is 12.3. The number of rotatable bonds is 12. The van der Waals surface area contributed by atoms with Gasteiger partial charge in [-0.1, -0.05) is 51.4 Å². The summed E-state index contributed by atoms with van der Waals surface area (Å²) in [7, 11) is 0. The average molecular weight is 286 g/mol. The molecule has 2 nitrogen and oxygen atoms in total. The highest BCUT2D eigenvalue weighted by atomic mass is 19.1. The highest BCUT2D eigenvalue weighted by molar-refractivity contribution is 5.53. The van der Waals surface area contributed by atoms with Crippen molar-refractivity contribution < 1.29 is 13.9 Å². The van der Waals surface area contributed by atoms with Crippen LogP contribution in [-0.4, -0.2) is 25.7 Å². The van der Waals surface area contributed by atoms with Crippen LogP contribution in [0.2, 0.25) is 0 Å². The number of alkyl halides is 1. The molecule has 0 aliphatic heterocycles. The average Bonchev–Trinajstić information content (AvgIpc) is 2.50. The molecule has 0 N–H and O–H groups in total. The van der Waals surface area contributed by atoms with E-state index in [0.29, 0.717) is 12.5 Å². The van der Waals surface area contributed by atoms with Crippen LogP contribution in [-0.2, 0) is 9.53 Å². The fourth-order valence-corrected chi connectivity index (χ4v) is 2.88.